The minimum absolute atomic E-state index is 0.0130. The average molecular weight is 395 g/mol. The van der Waals surface area contributed by atoms with Gasteiger partial charge in [-0.05, 0) is 60.6 Å². The number of ether oxygens (including phenoxy) is 1. The molecule has 0 bridgehead atoms. The van der Waals surface area contributed by atoms with Crippen molar-refractivity contribution in [2.24, 2.45) is 11.8 Å². The summed E-state index contributed by atoms with van der Waals surface area (Å²) in [6, 6.07) is 9.26. The highest BCUT2D eigenvalue weighted by Crippen LogP contribution is 2.33. The van der Waals surface area contributed by atoms with Gasteiger partial charge in [0.1, 0.15) is 11.6 Å². The Morgan fingerprint density at radius 3 is 2.33 bits per heavy atom. The lowest BCUT2D eigenvalue weighted by Gasteiger charge is -2.23. The maximum Gasteiger partial charge on any atom is 0.426 e. The summed E-state index contributed by atoms with van der Waals surface area (Å²) in [5, 5.41) is -0.210. The van der Waals surface area contributed by atoms with Gasteiger partial charge in [0.2, 0.25) is 0 Å². The molecule has 0 spiro atoms. The van der Waals surface area contributed by atoms with Crippen LogP contribution < -0.4 is 4.74 Å². The number of rotatable bonds is 5. The van der Waals surface area contributed by atoms with E-state index in [0.717, 1.165) is 23.6 Å². The molecule has 144 valence electrons. The number of allylic oxidation sites excluding steroid dienone is 1. The highest BCUT2D eigenvalue weighted by molar-refractivity contribution is 6.30. The Labute approximate surface area is 162 Å². The van der Waals surface area contributed by atoms with E-state index in [1.807, 2.05) is 6.08 Å². The summed E-state index contributed by atoms with van der Waals surface area (Å²) in [5.41, 5.74) is 0.349. The molecule has 0 N–H and O–H groups in total. The molecule has 0 atom stereocenters. The first-order valence-electron chi connectivity index (χ1n) is 9.14. The molecule has 2 aromatic rings. The van der Waals surface area contributed by atoms with E-state index < -0.39 is 17.5 Å². The van der Waals surface area contributed by atoms with Crippen molar-refractivity contribution < 1.29 is 17.9 Å². The molecule has 2 aromatic carbocycles. The fourth-order valence-corrected chi connectivity index (χ4v) is 3.37. The molecule has 0 amide bonds. The zero-order valence-corrected chi connectivity index (χ0v) is 15.9. The standard InChI is InChI=1S/C22H22ClF3O/c1-15-2-4-16(5-3-15)6-7-17-8-11-19(12-9-17)27-22(25,26)18-10-13-20(23)21(24)14-18/h6-16H,2-5H2,1H3/b7-6+. The van der Waals surface area contributed by atoms with E-state index in [0.29, 0.717) is 12.0 Å². The Morgan fingerprint density at radius 2 is 1.70 bits per heavy atom. The van der Waals surface area contributed by atoms with Crippen molar-refractivity contribution in [3.8, 4) is 5.75 Å². The second kappa shape index (κ2) is 8.39. The molecule has 1 aliphatic carbocycles. The van der Waals surface area contributed by atoms with Gasteiger partial charge >= 0.3 is 6.11 Å². The van der Waals surface area contributed by atoms with Crippen LogP contribution >= 0.6 is 11.6 Å². The SMILES string of the molecule is CC1CCC(/C=C/c2ccc(OC(F)(F)c3ccc(Cl)c(F)c3)cc2)CC1. The van der Waals surface area contributed by atoms with Gasteiger partial charge in [0.05, 0.1) is 10.6 Å². The predicted molar refractivity (Wildman–Crippen MR) is 103 cm³/mol. The van der Waals surface area contributed by atoms with Gasteiger partial charge in [0, 0.05) is 0 Å². The van der Waals surface area contributed by atoms with Gasteiger partial charge in [-0.25, -0.2) is 4.39 Å². The van der Waals surface area contributed by atoms with Gasteiger partial charge in [-0.3, -0.25) is 0 Å². The number of hydrogen-bond acceptors (Lipinski definition) is 1. The van der Waals surface area contributed by atoms with Crippen molar-refractivity contribution in [2.75, 3.05) is 0 Å². The molecule has 1 aliphatic rings. The second-order valence-corrected chi connectivity index (χ2v) is 7.60. The van der Waals surface area contributed by atoms with Gasteiger partial charge in [0.25, 0.3) is 0 Å². The Kier molecular flexibility index (Phi) is 6.15. The Bertz CT molecular complexity index is 794. The smallest absolute Gasteiger partial charge is 0.426 e. The molecule has 1 saturated carbocycles. The molecule has 0 aromatic heterocycles. The monoisotopic (exact) mass is 394 g/mol. The number of benzene rings is 2. The second-order valence-electron chi connectivity index (χ2n) is 7.20. The third-order valence-electron chi connectivity index (χ3n) is 5.00. The van der Waals surface area contributed by atoms with Crippen molar-refractivity contribution >= 4 is 17.7 Å². The molecule has 1 nitrogen and oxygen atoms in total. The van der Waals surface area contributed by atoms with Gasteiger partial charge in [-0.2, -0.15) is 8.78 Å². The summed E-state index contributed by atoms with van der Waals surface area (Å²) in [6.07, 6.45) is 5.47. The van der Waals surface area contributed by atoms with E-state index in [-0.39, 0.29) is 10.8 Å². The zero-order valence-electron chi connectivity index (χ0n) is 15.1. The minimum Gasteiger partial charge on any atom is -0.429 e. The largest absolute Gasteiger partial charge is 0.429 e. The summed E-state index contributed by atoms with van der Waals surface area (Å²) < 4.78 is 46.7. The first kappa shape index (κ1) is 19.8. The Balaban J connectivity index is 1.63. The lowest BCUT2D eigenvalue weighted by molar-refractivity contribution is -0.185. The normalized spacial score (nSPS) is 20.8. The summed E-state index contributed by atoms with van der Waals surface area (Å²) in [4.78, 5) is 0. The van der Waals surface area contributed by atoms with Crippen LogP contribution in [0.4, 0.5) is 13.2 Å². The fraction of sp³-hybridized carbons (Fsp3) is 0.364. The minimum atomic E-state index is -3.65. The highest BCUT2D eigenvalue weighted by atomic mass is 35.5. The topological polar surface area (TPSA) is 9.23 Å². The number of halogens is 4. The summed E-state index contributed by atoms with van der Waals surface area (Å²) in [5.74, 6) is 0.497. The van der Waals surface area contributed by atoms with E-state index in [4.69, 9.17) is 16.3 Å². The van der Waals surface area contributed by atoms with E-state index >= 15 is 0 Å². The quantitative estimate of drug-likeness (QED) is 0.511. The lowest BCUT2D eigenvalue weighted by atomic mass is 9.83. The van der Waals surface area contributed by atoms with Crippen LogP contribution in [0.15, 0.2) is 48.5 Å². The molecule has 5 heteroatoms. The van der Waals surface area contributed by atoms with E-state index in [1.165, 1.54) is 37.8 Å². The van der Waals surface area contributed by atoms with Crippen molar-refractivity contribution in [3.05, 3.63) is 70.5 Å². The molecule has 0 heterocycles. The molecular weight excluding hydrogens is 373 g/mol. The van der Waals surface area contributed by atoms with Crippen LogP contribution in [0.3, 0.4) is 0 Å². The summed E-state index contributed by atoms with van der Waals surface area (Å²) >= 11 is 5.53. The fourth-order valence-electron chi connectivity index (χ4n) is 3.26. The molecule has 0 aliphatic heterocycles. The Morgan fingerprint density at radius 1 is 1.04 bits per heavy atom. The van der Waals surface area contributed by atoms with Crippen LogP contribution in [0.25, 0.3) is 6.08 Å². The van der Waals surface area contributed by atoms with Crippen LogP contribution in [0, 0.1) is 17.7 Å². The molecule has 3 rings (SSSR count). The van der Waals surface area contributed by atoms with Crippen molar-refractivity contribution in [2.45, 2.75) is 38.7 Å². The molecule has 1 fully saturated rings. The number of hydrogen-bond donors (Lipinski definition) is 0. The van der Waals surface area contributed by atoms with Crippen LogP contribution in [0.5, 0.6) is 5.75 Å². The lowest BCUT2D eigenvalue weighted by Crippen LogP contribution is -2.22. The van der Waals surface area contributed by atoms with Crippen LogP contribution in [0.2, 0.25) is 5.02 Å². The third kappa shape index (κ3) is 5.29. The third-order valence-corrected chi connectivity index (χ3v) is 5.31. The first-order chi connectivity index (χ1) is 12.8. The van der Waals surface area contributed by atoms with E-state index in [1.54, 1.807) is 12.1 Å². The van der Waals surface area contributed by atoms with Gasteiger partial charge in [-0.1, -0.05) is 55.7 Å². The van der Waals surface area contributed by atoms with E-state index in [2.05, 4.69) is 13.0 Å². The zero-order chi connectivity index (χ0) is 19.4. The molecular formula is C22H22ClF3O. The van der Waals surface area contributed by atoms with Crippen molar-refractivity contribution in [1.82, 2.24) is 0 Å². The average Bonchev–Trinajstić information content (AvgIpc) is 2.64. The van der Waals surface area contributed by atoms with Gasteiger partial charge in [-0.15, -0.1) is 0 Å². The molecule has 0 saturated heterocycles. The van der Waals surface area contributed by atoms with Crippen molar-refractivity contribution in [1.29, 1.82) is 0 Å². The molecule has 27 heavy (non-hydrogen) atoms. The van der Waals surface area contributed by atoms with Gasteiger partial charge in [0.15, 0.2) is 0 Å². The highest BCUT2D eigenvalue weighted by Gasteiger charge is 2.35. The summed E-state index contributed by atoms with van der Waals surface area (Å²) in [7, 11) is 0. The summed E-state index contributed by atoms with van der Waals surface area (Å²) in [6.45, 7) is 2.28. The predicted octanol–water partition coefficient (Wildman–Crippen LogP) is 7.45. The van der Waals surface area contributed by atoms with Crippen LogP contribution in [-0.4, -0.2) is 0 Å². The van der Waals surface area contributed by atoms with Crippen molar-refractivity contribution in [3.63, 3.8) is 0 Å². The molecule has 0 radical (unpaired) electrons. The maximum absolute atomic E-state index is 14.2. The van der Waals surface area contributed by atoms with Gasteiger partial charge < -0.3 is 4.74 Å². The molecule has 0 unspecified atom stereocenters. The first-order valence-corrected chi connectivity index (χ1v) is 9.52. The van der Waals surface area contributed by atoms with Crippen LogP contribution in [0.1, 0.15) is 43.7 Å². The Hall–Kier alpha value is -1.94. The van der Waals surface area contributed by atoms with Crippen LogP contribution in [-0.2, 0) is 6.11 Å². The van der Waals surface area contributed by atoms with E-state index in [9.17, 15) is 13.2 Å². The number of alkyl halides is 2. The maximum atomic E-state index is 14.2.